The van der Waals surface area contributed by atoms with Gasteiger partial charge in [-0.3, -0.25) is 0 Å². The summed E-state index contributed by atoms with van der Waals surface area (Å²) in [5.74, 6) is 1.49. The maximum atomic E-state index is 3.74. The summed E-state index contributed by atoms with van der Waals surface area (Å²) in [6, 6.07) is 0. The van der Waals surface area contributed by atoms with Crippen LogP contribution in [0.15, 0.2) is 24.8 Å². The van der Waals surface area contributed by atoms with Crippen LogP contribution in [0.5, 0.6) is 0 Å². The molecule has 0 heteroatoms. The number of allylic oxidation sites excluding steroid dienone is 3. The number of hydrogen-bond donors (Lipinski definition) is 0. The molecule has 0 fully saturated rings. The third-order valence-corrected chi connectivity index (χ3v) is 1.92. The zero-order valence-electron chi connectivity index (χ0n) is 8.72. The summed E-state index contributed by atoms with van der Waals surface area (Å²) >= 11 is 0. The Balaban J connectivity index is 3.35. The normalized spacial score (nSPS) is 14.0. The van der Waals surface area contributed by atoms with E-state index in [1.54, 1.807) is 0 Å². The first kappa shape index (κ1) is 11.5. The van der Waals surface area contributed by atoms with Gasteiger partial charge in [0.15, 0.2) is 0 Å². The van der Waals surface area contributed by atoms with E-state index in [0.717, 1.165) is 12.3 Å². The van der Waals surface area contributed by atoms with E-state index < -0.39 is 0 Å². The molecule has 0 saturated heterocycles. The molecule has 0 aliphatic rings. The van der Waals surface area contributed by atoms with Crippen molar-refractivity contribution in [3.8, 4) is 0 Å². The molecule has 0 aliphatic heterocycles. The first-order valence-corrected chi connectivity index (χ1v) is 4.94. The summed E-state index contributed by atoms with van der Waals surface area (Å²) in [6.07, 6.45) is 10.2. The van der Waals surface area contributed by atoms with Gasteiger partial charge in [0.05, 0.1) is 0 Å². The summed E-state index contributed by atoms with van der Waals surface area (Å²) < 4.78 is 0. The van der Waals surface area contributed by atoms with E-state index in [1.165, 1.54) is 12.8 Å². The Labute approximate surface area is 77.4 Å². The van der Waals surface area contributed by atoms with Crippen molar-refractivity contribution < 1.29 is 0 Å². The molecule has 70 valence electrons. The molecule has 0 spiro atoms. The highest BCUT2D eigenvalue weighted by molar-refractivity contribution is 4.85. The molecular formula is C12H22. The van der Waals surface area contributed by atoms with Crippen molar-refractivity contribution in [2.24, 2.45) is 11.8 Å². The van der Waals surface area contributed by atoms with Crippen LogP contribution in [0.4, 0.5) is 0 Å². The average Bonchev–Trinajstić information content (AvgIpc) is 1.98. The lowest BCUT2D eigenvalue weighted by atomic mass is 10.0. The predicted molar refractivity (Wildman–Crippen MR) is 57.2 cm³/mol. The van der Waals surface area contributed by atoms with Gasteiger partial charge in [-0.05, 0) is 31.1 Å². The van der Waals surface area contributed by atoms with E-state index >= 15 is 0 Å². The molecule has 0 N–H and O–H groups in total. The van der Waals surface area contributed by atoms with Gasteiger partial charge in [-0.2, -0.15) is 0 Å². The Kier molecular flexibility index (Phi) is 6.84. The van der Waals surface area contributed by atoms with Crippen molar-refractivity contribution in [2.75, 3.05) is 0 Å². The molecule has 1 atom stereocenters. The van der Waals surface area contributed by atoms with Gasteiger partial charge in [0.2, 0.25) is 0 Å². The lowest BCUT2D eigenvalue weighted by molar-refractivity contribution is 0.546. The minimum atomic E-state index is 0.694. The third kappa shape index (κ3) is 7.59. The van der Waals surface area contributed by atoms with Gasteiger partial charge in [0.1, 0.15) is 0 Å². The largest absolute Gasteiger partial charge is 0.103 e. The monoisotopic (exact) mass is 166 g/mol. The first-order valence-electron chi connectivity index (χ1n) is 4.94. The Morgan fingerprint density at radius 2 is 1.92 bits per heavy atom. The molecule has 0 bridgehead atoms. The minimum absolute atomic E-state index is 0.694. The maximum Gasteiger partial charge on any atom is -0.0290 e. The Hall–Kier alpha value is -0.520. The van der Waals surface area contributed by atoms with Crippen LogP contribution in [0, 0.1) is 11.8 Å². The van der Waals surface area contributed by atoms with Crippen LogP contribution in [0.1, 0.15) is 40.0 Å². The molecule has 0 nitrogen and oxygen atoms in total. The predicted octanol–water partition coefficient (Wildman–Crippen LogP) is 4.19. The molecular weight excluding hydrogens is 144 g/mol. The molecule has 0 aliphatic carbocycles. The highest BCUT2D eigenvalue weighted by atomic mass is 14.0. The molecule has 0 rings (SSSR count). The van der Waals surface area contributed by atoms with Crippen molar-refractivity contribution in [1.29, 1.82) is 0 Å². The van der Waals surface area contributed by atoms with Gasteiger partial charge in [-0.25, -0.2) is 0 Å². The summed E-state index contributed by atoms with van der Waals surface area (Å²) in [5.41, 5.74) is 0. The molecule has 0 aromatic rings. The second-order valence-electron chi connectivity index (χ2n) is 3.88. The highest BCUT2D eigenvalue weighted by Crippen LogP contribution is 2.11. The number of hydrogen-bond acceptors (Lipinski definition) is 0. The fourth-order valence-electron chi connectivity index (χ4n) is 1.15. The van der Waals surface area contributed by atoms with Crippen molar-refractivity contribution in [2.45, 2.75) is 40.0 Å². The molecule has 0 radical (unpaired) electrons. The second-order valence-corrected chi connectivity index (χ2v) is 3.88. The number of rotatable bonds is 6. The Morgan fingerprint density at radius 1 is 1.25 bits per heavy atom. The minimum Gasteiger partial charge on any atom is -0.103 e. The highest BCUT2D eigenvalue weighted by Gasteiger charge is 1.96. The van der Waals surface area contributed by atoms with Crippen LogP contribution >= 0.6 is 0 Å². The molecule has 0 heterocycles. The van der Waals surface area contributed by atoms with Crippen LogP contribution in [0.3, 0.4) is 0 Å². The van der Waals surface area contributed by atoms with E-state index in [1.807, 2.05) is 6.08 Å². The average molecular weight is 166 g/mol. The van der Waals surface area contributed by atoms with Crippen LogP contribution < -0.4 is 0 Å². The van der Waals surface area contributed by atoms with Crippen molar-refractivity contribution >= 4 is 0 Å². The summed E-state index contributed by atoms with van der Waals surface area (Å²) in [6.45, 7) is 10.4. The summed E-state index contributed by atoms with van der Waals surface area (Å²) in [5, 5.41) is 0. The molecule has 0 aromatic carbocycles. The topological polar surface area (TPSA) is 0 Å². The van der Waals surface area contributed by atoms with E-state index in [0.29, 0.717) is 5.92 Å². The Morgan fingerprint density at radius 3 is 2.42 bits per heavy atom. The summed E-state index contributed by atoms with van der Waals surface area (Å²) in [4.78, 5) is 0. The van der Waals surface area contributed by atoms with Gasteiger partial charge in [0, 0.05) is 0 Å². The maximum absolute atomic E-state index is 3.74. The molecule has 1 unspecified atom stereocenters. The van der Waals surface area contributed by atoms with Crippen LogP contribution in [0.25, 0.3) is 0 Å². The zero-order chi connectivity index (χ0) is 9.40. The van der Waals surface area contributed by atoms with E-state index in [9.17, 15) is 0 Å². The molecule has 0 amide bonds. The smallest absolute Gasteiger partial charge is 0.0290 e. The van der Waals surface area contributed by atoms with Crippen molar-refractivity contribution in [3.05, 3.63) is 24.8 Å². The van der Waals surface area contributed by atoms with E-state index in [-0.39, 0.29) is 0 Å². The lowest BCUT2D eigenvalue weighted by Crippen LogP contribution is -1.90. The molecule has 0 aromatic heterocycles. The third-order valence-electron chi connectivity index (χ3n) is 1.92. The van der Waals surface area contributed by atoms with Gasteiger partial charge < -0.3 is 0 Å². The summed E-state index contributed by atoms with van der Waals surface area (Å²) in [7, 11) is 0. The zero-order valence-corrected chi connectivity index (χ0v) is 8.72. The Bertz CT molecular complexity index is 131. The second kappa shape index (κ2) is 7.15. The first-order chi connectivity index (χ1) is 5.66. The fourth-order valence-corrected chi connectivity index (χ4v) is 1.15. The van der Waals surface area contributed by atoms with Gasteiger partial charge >= 0.3 is 0 Å². The van der Waals surface area contributed by atoms with Crippen molar-refractivity contribution in [1.82, 2.24) is 0 Å². The van der Waals surface area contributed by atoms with Gasteiger partial charge in [-0.15, -0.1) is 6.58 Å². The molecule has 12 heavy (non-hydrogen) atoms. The fraction of sp³-hybridized carbons (Fsp3) is 0.667. The van der Waals surface area contributed by atoms with Gasteiger partial charge in [0.25, 0.3) is 0 Å². The van der Waals surface area contributed by atoms with Crippen LogP contribution in [-0.4, -0.2) is 0 Å². The standard InChI is InChI=1S/C12H22/c1-5-8-12(4)10-7-6-9-11(2)3/h5-6,9,11-12H,1,7-8,10H2,2-4H3. The van der Waals surface area contributed by atoms with Crippen LogP contribution in [-0.2, 0) is 0 Å². The van der Waals surface area contributed by atoms with E-state index in [4.69, 9.17) is 0 Å². The van der Waals surface area contributed by atoms with Gasteiger partial charge in [-0.1, -0.05) is 39.0 Å². The SMILES string of the molecule is C=CCC(C)CCC=CC(C)C. The van der Waals surface area contributed by atoms with Crippen molar-refractivity contribution in [3.63, 3.8) is 0 Å². The quantitative estimate of drug-likeness (QED) is 0.519. The van der Waals surface area contributed by atoms with Crippen LogP contribution in [0.2, 0.25) is 0 Å². The lowest BCUT2D eigenvalue weighted by Gasteiger charge is -2.05. The van der Waals surface area contributed by atoms with E-state index in [2.05, 4.69) is 39.5 Å². The molecule has 0 saturated carbocycles.